The summed E-state index contributed by atoms with van der Waals surface area (Å²) in [4.78, 5) is 24.1. The molecule has 1 unspecified atom stereocenters. The van der Waals surface area contributed by atoms with E-state index in [1.807, 2.05) is 12.2 Å². The van der Waals surface area contributed by atoms with Crippen molar-refractivity contribution in [3.63, 3.8) is 0 Å². The molecule has 0 aromatic rings. The van der Waals surface area contributed by atoms with Gasteiger partial charge in [-0.05, 0) is 64.2 Å². The lowest BCUT2D eigenvalue weighted by atomic mass is 10.1. The summed E-state index contributed by atoms with van der Waals surface area (Å²) in [7, 11) is 0. The molecule has 0 saturated carbocycles. The Bertz CT molecular complexity index is 777. The molecule has 0 aromatic heterocycles. The van der Waals surface area contributed by atoms with Crippen LogP contribution in [0.5, 0.6) is 0 Å². The van der Waals surface area contributed by atoms with E-state index in [1.54, 1.807) is 0 Å². The Kier molecular flexibility index (Phi) is 32.2. The minimum Gasteiger partial charge on any atom is -0.462 e. The van der Waals surface area contributed by atoms with Crippen molar-refractivity contribution in [3.8, 4) is 0 Å². The maximum atomic E-state index is 12.1. The summed E-state index contributed by atoms with van der Waals surface area (Å²) < 4.78 is 10.5. The highest BCUT2D eigenvalue weighted by Crippen LogP contribution is 2.11. The van der Waals surface area contributed by atoms with E-state index in [9.17, 15) is 14.7 Å². The molecule has 0 aromatic carbocycles. The second-order valence-corrected chi connectivity index (χ2v) is 11.2. The second kappa shape index (κ2) is 34.1. The van der Waals surface area contributed by atoms with Gasteiger partial charge in [0.05, 0.1) is 6.61 Å². The first-order chi connectivity index (χ1) is 21.1. The van der Waals surface area contributed by atoms with Gasteiger partial charge in [0.1, 0.15) is 6.61 Å². The molecule has 0 bridgehead atoms. The summed E-state index contributed by atoms with van der Waals surface area (Å²) >= 11 is 0. The number of hydrogen-bond donors (Lipinski definition) is 1. The molecule has 0 aliphatic rings. The van der Waals surface area contributed by atoms with Crippen molar-refractivity contribution in [2.75, 3.05) is 13.2 Å². The Hall–Kier alpha value is -2.40. The fourth-order valence-corrected chi connectivity index (χ4v) is 4.44. The van der Waals surface area contributed by atoms with Crippen LogP contribution in [0.1, 0.15) is 149 Å². The summed E-state index contributed by atoms with van der Waals surface area (Å²) in [6.07, 6.45) is 42.9. The Balaban J connectivity index is 3.70. The molecule has 0 spiro atoms. The zero-order valence-electron chi connectivity index (χ0n) is 27.7. The number of rotatable bonds is 30. The minimum absolute atomic E-state index is 0.101. The molecular formula is C38H64O5. The quantitative estimate of drug-likeness (QED) is 0.0504. The molecule has 0 aliphatic heterocycles. The van der Waals surface area contributed by atoms with Crippen molar-refractivity contribution in [1.82, 2.24) is 0 Å². The monoisotopic (exact) mass is 600 g/mol. The molecule has 0 radical (unpaired) electrons. The highest BCUT2D eigenvalue weighted by atomic mass is 16.6. The first kappa shape index (κ1) is 40.6. The van der Waals surface area contributed by atoms with Crippen LogP contribution in [0.2, 0.25) is 0 Å². The highest BCUT2D eigenvalue weighted by Gasteiger charge is 2.15. The fraction of sp³-hybridized carbons (Fsp3) is 0.684. The number of allylic oxidation sites excluding steroid dienone is 10. The SMILES string of the molecule is CC/C=C\C/C=C\C/C=C\C/C=C\CCC(=O)OC(CO)COC(=O)CCCCCCC/C=C\CCCCCCCCC. The van der Waals surface area contributed by atoms with Crippen LogP contribution in [-0.4, -0.2) is 36.4 Å². The molecule has 5 nitrogen and oxygen atoms in total. The lowest BCUT2D eigenvalue weighted by Gasteiger charge is -2.15. The number of carbonyl (C=O) groups is 2. The highest BCUT2D eigenvalue weighted by molar-refractivity contribution is 5.70. The number of unbranched alkanes of at least 4 members (excludes halogenated alkanes) is 12. The largest absolute Gasteiger partial charge is 0.462 e. The van der Waals surface area contributed by atoms with Gasteiger partial charge in [0, 0.05) is 12.8 Å². The van der Waals surface area contributed by atoms with Crippen molar-refractivity contribution in [1.29, 1.82) is 0 Å². The van der Waals surface area contributed by atoms with Crippen molar-refractivity contribution in [2.24, 2.45) is 0 Å². The van der Waals surface area contributed by atoms with Gasteiger partial charge in [-0.2, -0.15) is 0 Å². The van der Waals surface area contributed by atoms with Crippen LogP contribution in [0.15, 0.2) is 60.8 Å². The van der Waals surface area contributed by atoms with Crippen LogP contribution in [0.4, 0.5) is 0 Å². The smallest absolute Gasteiger partial charge is 0.306 e. The second-order valence-electron chi connectivity index (χ2n) is 11.2. The summed E-state index contributed by atoms with van der Waals surface area (Å²) in [6.45, 7) is 3.93. The number of aliphatic hydroxyl groups excluding tert-OH is 1. The molecular weight excluding hydrogens is 536 g/mol. The van der Waals surface area contributed by atoms with Crippen molar-refractivity contribution < 1.29 is 24.2 Å². The maximum Gasteiger partial charge on any atom is 0.306 e. The van der Waals surface area contributed by atoms with E-state index in [4.69, 9.17) is 9.47 Å². The summed E-state index contributed by atoms with van der Waals surface area (Å²) in [5, 5.41) is 9.49. The lowest BCUT2D eigenvalue weighted by molar-refractivity contribution is -0.161. The normalized spacial score (nSPS) is 12.9. The van der Waals surface area contributed by atoms with E-state index >= 15 is 0 Å². The molecule has 246 valence electrons. The van der Waals surface area contributed by atoms with Gasteiger partial charge in [-0.3, -0.25) is 9.59 Å². The van der Waals surface area contributed by atoms with Gasteiger partial charge >= 0.3 is 11.9 Å². The van der Waals surface area contributed by atoms with Gasteiger partial charge in [0.15, 0.2) is 6.10 Å². The van der Waals surface area contributed by atoms with E-state index in [-0.39, 0.29) is 25.6 Å². The minimum atomic E-state index is -0.812. The number of ether oxygens (including phenoxy) is 2. The fourth-order valence-electron chi connectivity index (χ4n) is 4.44. The van der Waals surface area contributed by atoms with Crippen LogP contribution < -0.4 is 0 Å². The summed E-state index contributed by atoms with van der Waals surface area (Å²) in [5.41, 5.74) is 0. The first-order valence-corrected chi connectivity index (χ1v) is 17.3. The third-order valence-electron chi connectivity index (χ3n) is 7.06. The van der Waals surface area contributed by atoms with Crippen molar-refractivity contribution in [3.05, 3.63) is 60.8 Å². The topological polar surface area (TPSA) is 72.8 Å². The average molecular weight is 601 g/mol. The van der Waals surface area contributed by atoms with Gasteiger partial charge in [-0.25, -0.2) is 0 Å². The molecule has 43 heavy (non-hydrogen) atoms. The molecule has 0 heterocycles. The Labute approximate surface area is 264 Å². The number of esters is 2. The lowest BCUT2D eigenvalue weighted by Crippen LogP contribution is -2.28. The molecule has 1 N–H and O–H groups in total. The third kappa shape index (κ3) is 32.4. The summed E-state index contributed by atoms with van der Waals surface area (Å²) in [5.74, 6) is -0.701. The van der Waals surface area contributed by atoms with Crippen LogP contribution in [0.3, 0.4) is 0 Å². The van der Waals surface area contributed by atoms with Crippen LogP contribution in [0.25, 0.3) is 0 Å². The van der Waals surface area contributed by atoms with E-state index in [0.29, 0.717) is 12.8 Å². The van der Waals surface area contributed by atoms with Gasteiger partial charge in [0.2, 0.25) is 0 Å². The molecule has 0 saturated heterocycles. The molecule has 0 aliphatic carbocycles. The Morgan fingerprint density at radius 2 is 1.05 bits per heavy atom. The number of carbonyl (C=O) groups excluding carboxylic acids is 2. The van der Waals surface area contributed by atoms with E-state index in [2.05, 4.69) is 62.5 Å². The van der Waals surface area contributed by atoms with Crippen LogP contribution in [-0.2, 0) is 19.1 Å². The Morgan fingerprint density at radius 3 is 1.60 bits per heavy atom. The Morgan fingerprint density at radius 1 is 0.558 bits per heavy atom. The first-order valence-electron chi connectivity index (χ1n) is 17.3. The van der Waals surface area contributed by atoms with Gasteiger partial charge < -0.3 is 14.6 Å². The van der Waals surface area contributed by atoms with E-state index in [0.717, 1.165) is 51.4 Å². The van der Waals surface area contributed by atoms with Gasteiger partial charge in [0.25, 0.3) is 0 Å². The number of aliphatic hydroxyl groups is 1. The zero-order chi connectivity index (χ0) is 31.5. The zero-order valence-corrected chi connectivity index (χ0v) is 27.7. The van der Waals surface area contributed by atoms with Gasteiger partial charge in [-0.15, -0.1) is 0 Å². The average Bonchev–Trinajstić information content (AvgIpc) is 3.01. The molecule has 0 amide bonds. The van der Waals surface area contributed by atoms with Crippen molar-refractivity contribution in [2.45, 2.75) is 155 Å². The van der Waals surface area contributed by atoms with Crippen molar-refractivity contribution >= 4 is 11.9 Å². The van der Waals surface area contributed by atoms with E-state index in [1.165, 1.54) is 64.2 Å². The van der Waals surface area contributed by atoms with Crippen LogP contribution in [0, 0.1) is 0 Å². The standard InChI is InChI=1S/C38H64O5/c1-3-5-7-9-11-13-15-17-18-19-21-22-24-26-28-30-32-37(40)42-35-36(34-39)43-38(41)33-31-29-27-25-23-20-16-14-12-10-8-6-4-2/h6,8,12,14,18-20,23,27,29,36,39H,3-5,7,9-11,13,15-17,21-22,24-26,28,30-35H2,1-2H3/b8-6-,14-12-,19-18-,23-20-,29-27-. The van der Waals surface area contributed by atoms with Crippen LogP contribution >= 0.6 is 0 Å². The predicted octanol–water partition coefficient (Wildman–Crippen LogP) is 10.4. The molecule has 5 heteroatoms. The summed E-state index contributed by atoms with van der Waals surface area (Å²) in [6, 6.07) is 0. The molecule has 0 rings (SSSR count). The number of hydrogen-bond acceptors (Lipinski definition) is 5. The maximum absolute atomic E-state index is 12.1. The molecule has 1 atom stereocenters. The van der Waals surface area contributed by atoms with E-state index < -0.39 is 12.1 Å². The third-order valence-corrected chi connectivity index (χ3v) is 7.06. The predicted molar refractivity (Wildman–Crippen MR) is 182 cm³/mol. The molecule has 0 fully saturated rings. The van der Waals surface area contributed by atoms with Gasteiger partial charge in [-0.1, -0.05) is 132 Å².